The Morgan fingerprint density at radius 3 is 2.75 bits per heavy atom. The third-order valence-electron chi connectivity index (χ3n) is 4.27. The molecule has 94 valence electrons. The standard InChI is InChI=1S/C13H26N2O/c1-10-13(6-7-16-10)15(2)9-11-4-3-5-12(14)8-11/h10-13H,3-9,14H2,1-2H3. The summed E-state index contributed by atoms with van der Waals surface area (Å²) in [5.41, 5.74) is 6.04. The number of nitrogens with two attached hydrogens (primary N) is 1. The van der Waals surface area contributed by atoms with Crippen LogP contribution in [0.2, 0.25) is 0 Å². The summed E-state index contributed by atoms with van der Waals surface area (Å²) in [5.74, 6) is 0.807. The molecular formula is C13H26N2O. The van der Waals surface area contributed by atoms with E-state index in [1.165, 1.54) is 38.6 Å². The van der Waals surface area contributed by atoms with Crippen LogP contribution in [0.3, 0.4) is 0 Å². The predicted octanol–water partition coefficient (Wildman–Crippen LogP) is 1.61. The number of rotatable bonds is 3. The van der Waals surface area contributed by atoms with Gasteiger partial charge in [-0.2, -0.15) is 0 Å². The first kappa shape index (κ1) is 12.3. The monoisotopic (exact) mass is 226 g/mol. The minimum atomic E-state index is 0.405. The Hall–Kier alpha value is -0.120. The summed E-state index contributed by atoms with van der Waals surface area (Å²) in [5, 5.41) is 0. The molecular weight excluding hydrogens is 200 g/mol. The molecule has 0 bridgehead atoms. The molecule has 2 N–H and O–H groups in total. The molecule has 0 aromatic carbocycles. The van der Waals surface area contributed by atoms with Crippen LogP contribution >= 0.6 is 0 Å². The largest absolute Gasteiger partial charge is 0.377 e. The second-order valence-corrected chi connectivity index (χ2v) is 5.66. The molecule has 0 aromatic rings. The number of ether oxygens (including phenoxy) is 1. The molecule has 0 spiro atoms. The van der Waals surface area contributed by atoms with Crippen molar-refractivity contribution in [1.29, 1.82) is 0 Å². The fraction of sp³-hybridized carbons (Fsp3) is 1.00. The number of nitrogens with zero attached hydrogens (tertiary/aromatic N) is 1. The van der Waals surface area contributed by atoms with Crippen molar-refractivity contribution in [3.8, 4) is 0 Å². The average molecular weight is 226 g/mol. The molecule has 2 fully saturated rings. The fourth-order valence-electron chi connectivity index (χ4n) is 3.34. The smallest absolute Gasteiger partial charge is 0.0702 e. The summed E-state index contributed by atoms with van der Waals surface area (Å²) in [6.07, 6.45) is 6.71. The second-order valence-electron chi connectivity index (χ2n) is 5.66. The van der Waals surface area contributed by atoms with E-state index in [1.54, 1.807) is 0 Å². The normalized spacial score (nSPS) is 40.5. The van der Waals surface area contributed by atoms with E-state index >= 15 is 0 Å². The molecule has 0 aromatic heterocycles. The Kier molecular flexibility index (Phi) is 4.22. The molecule has 3 nitrogen and oxygen atoms in total. The molecule has 1 saturated carbocycles. The van der Waals surface area contributed by atoms with E-state index in [0.29, 0.717) is 18.2 Å². The Morgan fingerprint density at radius 2 is 2.12 bits per heavy atom. The summed E-state index contributed by atoms with van der Waals surface area (Å²) in [4.78, 5) is 2.50. The molecule has 4 unspecified atom stereocenters. The van der Waals surface area contributed by atoms with Gasteiger partial charge in [0.2, 0.25) is 0 Å². The lowest BCUT2D eigenvalue weighted by molar-refractivity contribution is 0.0746. The van der Waals surface area contributed by atoms with Crippen LogP contribution in [0.25, 0.3) is 0 Å². The van der Waals surface area contributed by atoms with Gasteiger partial charge in [0.05, 0.1) is 6.10 Å². The lowest BCUT2D eigenvalue weighted by atomic mass is 9.85. The zero-order chi connectivity index (χ0) is 11.5. The van der Waals surface area contributed by atoms with Crippen molar-refractivity contribution in [1.82, 2.24) is 4.90 Å². The van der Waals surface area contributed by atoms with Crippen molar-refractivity contribution in [2.45, 2.75) is 57.2 Å². The van der Waals surface area contributed by atoms with Crippen LogP contribution in [0.1, 0.15) is 39.0 Å². The van der Waals surface area contributed by atoms with Crippen LogP contribution in [0.5, 0.6) is 0 Å². The lowest BCUT2D eigenvalue weighted by Crippen LogP contribution is -2.41. The molecule has 16 heavy (non-hydrogen) atoms. The Morgan fingerprint density at radius 1 is 1.31 bits per heavy atom. The molecule has 0 amide bonds. The summed E-state index contributed by atoms with van der Waals surface area (Å²) in [7, 11) is 2.25. The van der Waals surface area contributed by atoms with Gasteiger partial charge < -0.3 is 15.4 Å². The van der Waals surface area contributed by atoms with E-state index in [4.69, 9.17) is 10.5 Å². The predicted molar refractivity (Wildman–Crippen MR) is 66.4 cm³/mol. The van der Waals surface area contributed by atoms with Crippen LogP contribution in [0.15, 0.2) is 0 Å². The lowest BCUT2D eigenvalue weighted by Gasteiger charge is -2.33. The molecule has 1 heterocycles. The van der Waals surface area contributed by atoms with Crippen LogP contribution < -0.4 is 5.73 Å². The minimum Gasteiger partial charge on any atom is -0.377 e. The van der Waals surface area contributed by atoms with Gasteiger partial charge in [0, 0.05) is 25.2 Å². The van der Waals surface area contributed by atoms with Gasteiger partial charge in [0.15, 0.2) is 0 Å². The SMILES string of the molecule is CC1OCCC1N(C)CC1CCCC(N)C1. The van der Waals surface area contributed by atoms with Crippen LogP contribution in [-0.4, -0.2) is 43.3 Å². The minimum absolute atomic E-state index is 0.405. The van der Waals surface area contributed by atoms with Crippen molar-refractivity contribution >= 4 is 0 Å². The molecule has 3 heteroatoms. The third kappa shape index (κ3) is 2.96. The quantitative estimate of drug-likeness (QED) is 0.794. The molecule has 1 aliphatic carbocycles. The number of hydrogen-bond donors (Lipinski definition) is 1. The van der Waals surface area contributed by atoms with Crippen molar-refractivity contribution < 1.29 is 4.74 Å². The molecule has 1 aliphatic heterocycles. The zero-order valence-corrected chi connectivity index (χ0v) is 10.7. The van der Waals surface area contributed by atoms with E-state index in [1.807, 2.05) is 0 Å². The van der Waals surface area contributed by atoms with Gasteiger partial charge in [-0.3, -0.25) is 0 Å². The Balaban J connectivity index is 1.79. The van der Waals surface area contributed by atoms with Crippen LogP contribution in [0.4, 0.5) is 0 Å². The van der Waals surface area contributed by atoms with Crippen LogP contribution in [0, 0.1) is 5.92 Å². The Bertz CT molecular complexity index is 222. The zero-order valence-electron chi connectivity index (χ0n) is 10.7. The van der Waals surface area contributed by atoms with E-state index in [9.17, 15) is 0 Å². The topological polar surface area (TPSA) is 38.5 Å². The summed E-state index contributed by atoms with van der Waals surface area (Å²) in [6, 6.07) is 1.07. The molecule has 4 atom stereocenters. The summed E-state index contributed by atoms with van der Waals surface area (Å²) in [6.45, 7) is 4.33. The maximum Gasteiger partial charge on any atom is 0.0702 e. The first-order valence-electron chi connectivity index (χ1n) is 6.74. The van der Waals surface area contributed by atoms with E-state index in [0.717, 1.165) is 12.5 Å². The fourth-order valence-corrected chi connectivity index (χ4v) is 3.34. The maximum atomic E-state index is 6.04. The highest BCUT2D eigenvalue weighted by Crippen LogP contribution is 2.26. The molecule has 0 radical (unpaired) electrons. The maximum absolute atomic E-state index is 6.04. The van der Waals surface area contributed by atoms with E-state index in [2.05, 4.69) is 18.9 Å². The summed E-state index contributed by atoms with van der Waals surface area (Å²) >= 11 is 0. The number of likely N-dealkylation sites (N-methyl/N-ethyl adjacent to an activating group) is 1. The first-order chi connectivity index (χ1) is 7.66. The third-order valence-corrected chi connectivity index (χ3v) is 4.27. The molecule has 1 saturated heterocycles. The second kappa shape index (κ2) is 5.48. The highest BCUT2D eigenvalue weighted by molar-refractivity contribution is 4.83. The number of hydrogen-bond acceptors (Lipinski definition) is 3. The van der Waals surface area contributed by atoms with Gasteiger partial charge in [-0.25, -0.2) is 0 Å². The molecule has 2 rings (SSSR count). The van der Waals surface area contributed by atoms with Gasteiger partial charge in [-0.05, 0) is 45.6 Å². The van der Waals surface area contributed by atoms with Crippen molar-refractivity contribution in [2.75, 3.05) is 20.2 Å². The highest BCUT2D eigenvalue weighted by atomic mass is 16.5. The first-order valence-corrected chi connectivity index (χ1v) is 6.74. The van der Waals surface area contributed by atoms with E-state index < -0.39 is 0 Å². The van der Waals surface area contributed by atoms with Crippen LogP contribution in [-0.2, 0) is 4.74 Å². The average Bonchev–Trinajstić information content (AvgIpc) is 2.64. The highest BCUT2D eigenvalue weighted by Gasteiger charge is 2.30. The van der Waals surface area contributed by atoms with Gasteiger partial charge in [0.25, 0.3) is 0 Å². The molecule has 2 aliphatic rings. The van der Waals surface area contributed by atoms with Gasteiger partial charge in [-0.1, -0.05) is 6.42 Å². The van der Waals surface area contributed by atoms with E-state index in [-0.39, 0.29) is 0 Å². The van der Waals surface area contributed by atoms with Gasteiger partial charge >= 0.3 is 0 Å². The Labute approximate surface area is 99.3 Å². The van der Waals surface area contributed by atoms with Crippen molar-refractivity contribution in [3.05, 3.63) is 0 Å². The van der Waals surface area contributed by atoms with Crippen molar-refractivity contribution in [3.63, 3.8) is 0 Å². The van der Waals surface area contributed by atoms with Crippen molar-refractivity contribution in [2.24, 2.45) is 11.7 Å². The van der Waals surface area contributed by atoms with Gasteiger partial charge in [0.1, 0.15) is 0 Å². The summed E-state index contributed by atoms with van der Waals surface area (Å²) < 4.78 is 5.63. The van der Waals surface area contributed by atoms with Gasteiger partial charge in [-0.15, -0.1) is 0 Å².